The Morgan fingerprint density at radius 2 is 2.00 bits per heavy atom. The molecule has 2 aromatic rings. The Hall–Kier alpha value is -1.32. The number of carbonyl (C=O) groups excluding carboxylic acids is 1. The molecule has 1 saturated heterocycles. The molecule has 1 aliphatic heterocycles. The minimum Gasteiger partial charge on any atom is -0.345 e. The van der Waals surface area contributed by atoms with Gasteiger partial charge in [0.05, 0.1) is 0 Å². The van der Waals surface area contributed by atoms with E-state index in [4.69, 9.17) is 11.6 Å². The number of Topliss-reactive ketones (excluding diaryl/α,β-unsaturated/α-hetero) is 1. The van der Waals surface area contributed by atoms with E-state index in [0.717, 1.165) is 29.6 Å². The zero-order valence-electron chi connectivity index (χ0n) is 11.7. The number of halogens is 1. The third-order valence-corrected chi connectivity index (χ3v) is 4.31. The van der Waals surface area contributed by atoms with Crippen LogP contribution in [0.25, 0.3) is 10.9 Å². The van der Waals surface area contributed by atoms with E-state index in [1.165, 1.54) is 25.9 Å². The highest BCUT2D eigenvalue weighted by Crippen LogP contribution is 2.25. The maximum atomic E-state index is 11.8. The van der Waals surface area contributed by atoms with Crippen LogP contribution in [0.2, 0.25) is 5.02 Å². The van der Waals surface area contributed by atoms with Crippen LogP contribution < -0.4 is 0 Å². The molecule has 20 heavy (non-hydrogen) atoms. The van der Waals surface area contributed by atoms with Gasteiger partial charge in [-0.05, 0) is 51.1 Å². The Labute approximate surface area is 124 Å². The van der Waals surface area contributed by atoms with E-state index >= 15 is 0 Å². The molecule has 0 aliphatic carbocycles. The van der Waals surface area contributed by atoms with Crippen molar-refractivity contribution in [2.24, 2.45) is 0 Å². The van der Waals surface area contributed by atoms with Crippen molar-refractivity contribution in [3.05, 3.63) is 35.0 Å². The molecular weight excluding hydrogens is 272 g/mol. The molecule has 1 aromatic heterocycles. The molecule has 2 heterocycles. The van der Waals surface area contributed by atoms with Gasteiger partial charge in [-0.15, -0.1) is 0 Å². The molecule has 106 valence electrons. The van der Waals surface area contributed by atoms with Gasteiger partial charge in [-0.1, -0.05) is 11.6 Å². The highest BCUT2D eigenvalue weighted by molar-refractivity contribution is 6.31. The molecule has 4 heteroatoms. The van der Waals surface area contributed by atoms with Gasteiger partial charge in [-0.25, -0.2) is 0 Å². The fraction of sp³-hybridized carbons (Fsp3) is 0.438. The van der Waals surface area contributed by atoms with Crippen molar-refractivity contribution < 1.29 is 4.79 Å². The minimum atomic E-state index is 0.0946. The summed E-state index contributed by atoms with van der Waals surface area (Å²) < 4.78 is 2.18. The zero-order chi connectivity index (χ0) is 14.1. The molecule has 0 unspecified atom stereocenters. The van der Waals surface area contributed by atoms with E-state index in [1.807, 2.05) is 24.4 Å². The zero-order valence-corrected chi connectivity index (χ0v) is 12.5. The molecule has 3 nitrogen and oxygen atoms in total. The lowest BCUT2D eigenvalue weighted by atomic mass is 10.1. The van der Waals surface area contributed by atoms with Crippen molar-refractivity contribution in [1.29, 1.82) is 0 Å². The molecule has 3 rings (SSSR count). The fourth-order valence-corrected chi connectivity index (χ4v) is 3.16. The minimum absolute atomic E-state index is 0.0946. The van der Waals surface area contributed by atoms with Crippen molar-refractivity contribution in [1.82, 2.24) is 9.47 Å². The molecule has 0 atom stereocenters. The Morgan fingerprint density at radius 3 is 2.70 bits per heavy atom. The summed E-state index contributed by atoms with van der Waals surface area (Å²) in [5.41, 5.74) is 1.86. The number of benzene rings is 1. The van der Waals surface area contributed by atoms with Gasteiger partial charge in [-0.2, -0.15) is 0 Å². The molecule has 1 aromatic carbocycles. The van der Waals surface area contributed by atoms with Crippen LogP contribution in [0, 0.1) is 0 Å². The maximum absolute atomic E-state index is 11.8. The molecular formula is C16H19ClN2O. The number of likely N-dealkylation sites (tertiary alicyclic amines) is 1. The molecule has 0 amide bonds. The Balaban J connectivity index is 1.91. The third-order valence-electron chi connectivity index (χ3n) is 4.08. The Morgan fingerprint density at radius 1 is 1.25 bits per heavy atom. The first kappa shape index (κ1) is 13.7. The second kappa shape index (κ2) is 5.58. The Bertz CT molecular complexity index is 641. The normalized spacial score (nSPS) is 16.1. The molecule has 0 saturated carbocycles. The highest BCUT2D eigenvalue weighted by atomic mass is 35.5. The molecule has 0 radical (unpaired) electrons. The van der Waals surface area contributed by atoms with E-state index in [1.54, 1.807) is 6.92 Å². The number of aromatic nitrogens is 1. The van der Waals surface area contributed by atoms with Crippen LogP contribution in [0.1, 0.15) is 30.1 Å². The lowest BCUT2D eigenvalue weighted by molar-refractivity contribution is 0.101. The first-order valence-electron chi connectivity index (χ1n) is 7.17. The first-order chi connectivity index (χ1) is 9.65. The van der Waals surface area contributed by atoms with Gasteiger partial charge in [0.15, 0.2) is 5.78 Å². The number of fused-ring (bicyclic) bond motifs is 1. The maximum Gasteiger partial charge on any atom is 0.161 e. The lowest BCUT2D eigenvalue weighted by Gasteiger charge is -2.15. The van der Waals surface area contributed by atoms with Crippen molar-refractivity contribution in [3.63, 3.8) is 0 Å². The largest absolute Gasteiger partial charge is 0.345 e. The van der Waals surface area contributed by atoms with Crippen molar-refractivity contribution >= 4 is 28.3 Å². The quantitative estimate of drug-likeness (QED) is 0.804. The number of hydrogen-bond donors (Lipinski definition) is 0. The van der Waals surface area contributed by atoms with E-state index in [-0.39, 0.29) is 5.78 Å². The van der Waals surface area contributed by atoms with Gasteiger partial charge in [0, 0.05) is 40.8 Å². The van der Waals surface area contributed by atoms with Crippen molar-refractivity contribution in [2.45, 2.75) is 26.3 Å². The third kappa shape index (κ3) is 2.60. The van der Waals surface area contributed by atoms with Crippen molar-refractivity contribution in [2.75, 3.05) is 19.6 Å². The molecule has 1 fully saturated rings. The van der Waals surface area contributed by atoms with Gasteiger partial charge in [-0.3, -0.25) is 4.79 Å². The number of hydrogen-bond acceptors (Lipinski definition) is 2. The number of rotatable bonds is 4. The summed E-state index contributed by atoms with van der Waals surface area (Å²) in [6.45, 7) is 5.98. The monoisotopic (exact) mass is 290 g/mol. The van der Waals surface area contributed by atoms with E-state index in [2.05, 4.69) is 9.47 Å². The Kier molecular flexibility index (Phi) is 3.81. The molecule has 0 spiro atoms. The van der Waals surface area contributed by atoms with Crippen LogP contribution in [0.3, 0.4) is 0 Å². The van der Waals surface area contributed by atoms with Crippen molar-refractivity contribution in [3.8, 4) is 0 Å². The number of ketones is 1. The smallest absolute Gasteiger partial charge is 0.161 e. The average Bonchev–Trinajstić information content (AvgIpc) is 3.02. The van der Waals surface area contributed by atoms with E-state index in [9.17, 15) is 4.79 Å². The second-order valence-corrected chi connectivity index (χ2v) is 5.94. The predicted molar refractivity (Wildman–Crippen MR) is 82.6 cm³/mol. The van der Waals surface area contributed by atoms with Crippen LogP contribution in [0.4, 0.5) is 0 Å². The summed E-state index contributed by atoms with van der Waals surface area (Å²) >= 11 is 6.06. The summed E-state index contributed by atoms with van der Waals surface area (Å²) in [7, 11) is 0. The summed E-state index contributed by atoms with van der Waals surface area (Å²) in [5, 5.41) is 1.64. The standard InChI is InChI=1S/C16H19ClN2O/c1-12(20)15-11-19(9-8-18-6-2-3-7-18)16-5-4-13(17)10-14(15)16/h4-5,10-11H,2-3,6-9H2,1H3. The molecule has 1 aliphatic rings. The van der Waals surface area contributed by atoms with Crippen LogP contribution in [0.5, 0.6) is 0 Å². The molecule has 0 N–H and O–H groups in total. The average molecular weight is 291 g/mol. The number of nitrogens with zero attached hydrogens (tertiary/aromatic N) is 2. The predicted octanol–water partition coefficient (Wildman–Crippen LogP) is 3.59. The fourth-order valence-electron chi connectivity index (χ4n) is 2.99. The van der Waals surface area contributed by atoms with E-state index < -0.39 is 0 Å². The molecule has 0 bridgehead atoms. The highest BCUT2D eigenvalue weighted by Gasteiger charge is 2.15. The van der Waals surface area contributed by atoms with Gasteiger partial charge in [0.25, 0.3) is 0 Å². The number of carbonyl (C=O) groups is 1. The lowest BCUT2D eigenvalue weighted by Crippen LogP contribution is -2.23. The van der Waals surface area contributed by atoms with Gasteiger partial charge < -0.3 is 9.47 Å². The van der Waals surface area contributed by atoms with Gasteiger partial charge >= 0.3 is 0 Å². The van der Waals surface area contributed by atoms with Crippen LogP contribution in [-0.2, 0) is 6.54 Å². The second-order valence-electron chi connectivity index (χ2n) is 5.50. The summed E-state index contributed by atoms with van der Waals surface area (Å²) in [6, 6.07) is 5.79. The first-order valence-corrected chi connectivity index (χ1v) is 7.54. The summed E-state index contributed by atoms with van der Waals surface area (Å²) in [5.74, 6) is 0.0946. The van der Waals surface area contributed by atoms with Gasteiger partial charge in [0.1, 0.15) is 0 Å². The summed E-state index contributed by atoms with van der Waals surface area (Å²) in [4.78, 5) is 14.3. The van der Waals surface area contributed by atoms with E-state index in [0.29, 0.717) is 5.02 Å². The van der Waals surface area contributed by atoms with Crippen LogP contribution in [-0.4, -0.2) is 34.9 Å². The van der Waals surface area contributed by atoms with Crippen LogP contribution >= 0.6 is 11.6 Å². The SMILES string of the molecule is CC(=O)c1cn(CCN2CCCC2)c2ccc(Cl)cc12. The topological polar surface area (TPSA) is 25.2 Å². The van der Waals surface area contributed by atoms with Gasteiger partial charge in [0.2, 0.25) is 0 Å². The summed E-state index contributed by atoms with van der Waals surface area (Å²) in [6.07, 6.45) is 4.58. The van der Waals surface area contributed by atoms with Crippen LogP contribution in [0.15, 0.2) is 24.4 Å².